The van der Waals surface area contributed by atoms with Gasteiger partial charge in [0.25, 0.3) is 0 Å². The molecule has 1 aromatic heterocycles. The summed E-state index contributed by atoms with van der Waals surface area (Å²) in [6.45, 7) is 8.22. The van der Waals surface area contributed by atoms with Gasteiger partial charge in [0.05, 0.1) is 0 Å². The maximum absolute atomic E-state index is 3.63. The van der Waals surface area contributed by atoms with Crippen LogP contribution < -0.4 is 5.32 Å². The van der Waals surface area contributed by atoms with Crippen molar-refractivity contribution in [3.8, 4) is 0 Å². The Hall–Kier alpha value is -0.380. The Bertz CT molecular complexity index is 436. The van der Waals surface area contributed by atoms with Crippen molar-refractivity contribution in [2.45, 2.75) is 77.5 Å². The van der Waals surface area contributed by atoms with E-state index in [0.717, 1.165) is 25.2 Å². The van der Waals surface area contributed by atoms with Crippen molar-refractivity contribution in [1.29, 1.82) is 0 Å². The second kappa shape index (κ2) is 6.59. The lowest BCUT2D eigenvalue weighted by atomic mass is 10.1. The summed E-state index contributed by atoms with van der Waals surface area (Å²) < 4.78 is 0. The molecule has 1 aliphatic heterocycles. The van der Waals surface area contributed by atoms with Crippen LogP contribution in [0, 0.1) is 6.92 Å². The van der Waals surface area contributed by atoms with Crippen molar-refractivity contribution in [3.63, 3.8) is 0 Å². The molecule has 2 aliphatic rings. The zero-order valence-electron chi connectivity index (χ0n) is 13.0. The second-order valence-electron chi connectivity index (χ2n) is 6.62. The monoisotopic (exact) mass is 292 g/mol. The van der Waals surface area contributed by atoms with Crippen molar-refractivity contribution in [2.75, 3.05) is 6.54 Å². The van der Waals surface area contributed by atoms with Gasteiger partial charge in [-0.05, 0) is 57.7 Å². The van der Waals surface area contributed by atoms with E-state index in [9.17, 15) is 0 Å². The van der Waals surface area contributed by atoms with E-state index >= 15 is 0 Å². The Labute approximate surface area is 127 Å². The van der Waals surface area contributed by atoms with Crippen LogP contribution >= 0.6 is 11.3 Å². The molecule has 1 saturated carbocycles. The van der Waals surface area contributed by atoms with Crippen LogP contribution in [0.5, 0.6) is 0 Å². The number of hydrogen-bond donors (Lipinski definition) is 1. The molecule has 3 heteroatoms. The number of rotatable bonds is 5. The van der Waals surface area contributed by atoms with Crippen LogP contribution in [0.2, 0.25) is 0 Å². The summed E-state index contributed by atoms with van der Waals surface area (Å²) in [5.41, 5.74) is 1.57. The lowest BCUT2D eigenvalue weighted by Gasteiger charge is -2.26. The maximum atomic E-state index is 3.63. The van der Waals surface area contributed by atoms with Gasteiger partial charge >= 0.3 is 0 Å². The predicted molar refractivity (Wildman–Crippen MR) is 87.3 cm³/mol. The van der Waals surface area contributed by atoms with Gasteiger partial charge in [0.2, 0.25) is 0 Å². The fourth-order valence-electron chi connectivity index (χ4n) is 3.15. The molecule has 1 atom stereocenters. The van der Waals surface area contributed by atoms with E-state index in [2.05, 4.69) is 30.1 Å². The minimum atomic E-state index is 0.754. The van der Waals surface area contributed by atoms with Crippen molar-refractivity contribution in [3.05, 3.63) is 21.4 Å². The standard InChI is InChI=1S/C17H28N2S/c1-13-6-4-3-5-9-19(13)12-15-10-17(20-14(15)2)11-18-16-7-8-16/h10,13,16,18H,3-9,11-12H2,1-2H3. The van der Waals surface area contributed by atoms with Gasteiger partial charge in [-0.2, -0.15) is 0 Å². The van der Waals surface area contributed by atoms with Crippen molar-refractivity contribution in [1.82, 2.24) is 10.2 Å². The van der Waals surface area contributed by atoms with Crippen LogP contribution in [0.1, 0.15) is 60.8 Å². The van der Waals surface area contributed by atoms with Gasteiger partial charge in [0.15, 0.2) is 0 Å². The van der Waals surface area contributed by atoms with E-state index in [0.29, 0.717) is 0 Å². The van der Waals surface area contributed by atoms with Crippen molar-refractivity contribution < 1.29 is 0 Å². The number of thiophene rings is 1. The van der Waals surface area contributed by atoms with E-state index in [-0.39, 0.29) is 0 Å². The molecule has 112 valence electrons. The smallest absolute Gasteiger partial charge is 0.0302 e. The van der Waals surface area contributed by atoms with Crippen molar-refractivity contribution in [2.24, 2.45) is 0 Å². The van der Waals surface area contributed by atoms with Gasteiger partial charge in [-0.3, -0.25) is 4.90 Å². The Morgan fingerprint density at radius 1 is 1.25 bits per heavy atom. The van der Waals surface area contributed by atoms with Gasteiger partial charge < -0.3 is 5.32 Å². The molecule has 0 bridgehead atoms. The first-order valence-corrected chi connectivity index (χ1v) is 9.09. The molecule has 1 aliphatic carbocycles. The predicted octanol–water partition coefficient (Wildman–Crippen LogP) is 4.07. The molecule has 0 amide bonds. The summed E-state index contributed by atoms with van der Waals surface area (Å²) in [5.74, 6) is 0. The van der Waals surface area contributed by atoms with Gasteiger partial charge in [-0.15, -0.1) is 11.3 Å². The Morgan fingerprint density at radius 3 is 2.90 bits per heavy atom. The highest BCUT2D eigenvalue weighted by Gasteiger charge is 2.21. The zero-order valence-corrected chi connectivity index (χ0v) is 13.8. The fraction of sp³-hybridized carbons (Fsp3) is 0.765. The summed E-state index contributed by atoms with van der Waals surface area (Å²) >= 11 is 1.99. The summed E-state index contributed by atoms with van der Waals surface area (Å²) in [6.07, 6.45) is 8.34. The third kappa shape index (κ3) is 3.84. The molecular formula is C17H28N2S. The largest absolute Gasteiger partial charge is 0.309 e. The maximum Gasteiger partial charge on any atom is 0.0302 e. The molecule has 1 N–H and O–H groups in total. The van der Waals surface area contributed by atoms with Crippen molar-refractivity contribution >= 4 is 11.3 Å². The number of nitrogens with zero attached hydrogens (tertiary/aromatic N) is 1. The highest BCUT2D eigenvalue weighted by atomic mass is 32.1. The first-order valence-electron chi connectivity index (χ1n) is 8.28. The SMILES string of the molecule is Cc1sc(CNC2CC2)cc1CN1CCCCCC1C. The molecule has 2 fully saturated rings. The summed E-state index contributed by atoms with van der Waals surface area (Å²) in [6, 6.07) is 4.02. The van der Waals surface area contributed by atoms with E-state index in [1.165, 1.54) is 54.8 Å². The Morgan fingerprint density at radius 2 is 2.10 bits per heavy atom. The van der Waals surface area contributed by atoms with Crippen LogP contribution in [0.3, 0.4) is 0 Å². The molecular weight excluding hydrogens is 264 g/mol. The molecule has 1 aromatic rings. The summed E-state index contributed by atoms with van der Waals surface area (Å²) in [4.78, 5) is 5.74. The molecule has 2 heterocycles. The average molecular weight is 292 g/mol. The quantitative estimate of drug-likeness (QED) is 0.880. The van der Waals surface area contributed by atoms with Crippen LogP contribution in [0.4, 0.5) is 0 Å². The average Bonchev–Trinajstić information content (AvgIpc) is 3.21. The van der Waals surface area contributed by atoms with Crippen LogP contribution in [-0.2, 0) is 13.1 Å². The lowest BCUT2D eigenvalue weighted by molar-refractivity contribution is 0.205. The molecule has 0 radical (unpaired) electrons. The summed E-state index contributed by atoms with van der Waals surface area (Å²) in [5, 5.41) is 3.63. The normalized spacial score (nSPS) is 24.8. The Kier molecular flexibility index (Phi) is 4.79. The van der Waals surface area contributed by atoms with Gasteiger partial charge in [-0.25, -0.2) is 0 Å². The van der Waals surface area contributed by atoms with Gasteiger partial charge in [0.1, 0.15) is 0 Å². The van der Waals surface area contributed by atoms with Crippen LogP contribution in [-0.4, -0.2) is 23.5 Å². The topological polar surface area (TPSA) is 15.3 Å². The molecule has 3 rings (SSSR count). The summed E-state index contributed by atoms with van der Waals surface area (Å²) in [7, 11) is 0. The van der Waals surface area contributed by atoms with E-state index in [1.807, 2.05) is 11.3 Å². The Balaban J connectivity index is 1.60. The fourth-order valence-corrected chi connectivity index (χ4v) is 4.16. The zero-order chi connectivity index (χ0) is 13.9. The first-order chi connectivity index (χ1) is 9.72. The number of aryl methyl sites for hydroxylation is 1. The molecule has 1 unspecified atom stereocenters. The number of nitrogens with one attached hydrogen (secondary N) is 1. The molecule has 1 saturated heterocycles. The molecule has 2 nitrogen and oxygen atoms in total. The minimum absolute atomic E-state index is 0.754. The second-order valence-corrected chi connectivity index (χ2v) is 7.96. The first kappa shape index (κ1) is 14.6. The highest BCUT2D eigenvalue weighted by molar-refractivity contribution is 7.12. The van der Waals surface area contributed by atoms with E-state index in [4.69, 9.17) is 0 Å². The lowest BCUT2D eigenvalue weighted by Crippen LogP contribution is -2.32. The third-order valence-corrected chi connectivity index (χ3v) is 5.87. The van der Waals surface area contributed by atoms with Crippen LogP contribution in [0.15, 0.2) is 6.07 Å². The highest BCUT2D eigenvalue weighted by Crippen LogP contribution is 2.27. The number of likely N-dealkylation sites (tertiary alicyclic amines) is 1. The van der Waals surface area contributed by atoms with Gasteiger partial charge in [0, 0.05) is 34.9 Å². The minimum Gasteiger partial charge on any atom is -0.309 e. The molecule has 20 heavy (non-hydrogen) atoms. The molecule has 0 aromatic carbocycles. The number of hydrogen-bond acceptors (Lipinski definition) is 3. The van der Waals surface area contributed by atoms with E-state index in [1.54, 1.807) is 5.56 Å². The van der Waals surface area contributed by atoms with Gasteiger partial charge in [-0.1, -0.05) is 12.8 Å². The molecule has 0 spiro atoms. The van der Waals surface area contributed by atoms with Crippen LogP contribution in [0.25, 0.3) is 0 Å². The van der Waals surface area contributed by atoms with E-state index < -0.39 is 0 Å². The third-order valence-electron chi connectivity index (χ3n) is 4.78.